The quantitative estimate of drug-likeness (QED) is 0.100. The molecule has 0 aliphatic heterocycles. The van der Waals surface area contributed by atoms with Gasteiger partial charge < -0.3 is 14.5 Å². The second-order valence-corrected chi connectivity index (χ2v) is 17.2. The number of aryl methyl sites for hydroxylation is 1. The first-order valence-corrected chi connectivity index (χ1v) is 20.3. The molecule has 6 aromatic rings. The molecule has 0 unspecified atom stereocenters. The Balaban J connectivity index is 0.000000192. The lowest BCUT2D eigenvalue weighted by atomic mass is 10.2. The van der Waals surface area contributed by atoms with Gasteiger partial charge in [-0.3, -0.25) is 14.8 Å². The lowest BCUT2D eigenvalue weighted by molar-refractivity contribution is 0.292. The molecule has 0 amide bonds. The third-order valence-electron chi connectivity index (χ3n) is 6.89. The molecule has 9 nitrogen and oxygen atoms in total. The SMILES string of the molecule is C#Cc1cnc(-c2ccccn2)nc1OCc1ccc(OC)cc1.C[Si](C)(C)C#Cc1cnc(-c2ccccn2)[nH]c1=O.Cc1ccc(CCl)cc1. The maximum absolute atomic E-state index is 11.9. The number of benzene rings is 2. The lowest BCUT2D eigenvalue weighted by Gasteiger charge is -2.09. The first-order chi connectivity index (χ1) is 25.1. The van der Waals surface area contributed by atoms with E-state index < -0.39 is 8.07 Å². The summed E-state index contributed by atoms with van der Waals surface area (Å²) in [4.78, 5) is 35.9. The van der Waals surface area contributed by atoms with E-state index in [4.69, 9.17) is 27.5 Å². The molecule has 4 aromatic heterocycles. The van der Waals surface area contributed by atoms with Gasteiger partial charge in [0, 0.05) is 18.3 Å². The van der Waals surface area contributed by atoms with Gasteiger partial charge in [-0.05, 0) is 54.4 Å². The minimum atomic E-state index is -1.49. The van der Waals surface area contributed by atoms with E-state index in [0.29, 0.717) is 52.5 Å². The Morgan fingerprint density at radius 1 is 0.808 bits per heavy atom. The van der Waals surface area contributed by atoms with Crippen LogP contribution in [0, 0.1) is 30.7 Å². The molecule has 6 rings (SSSR count). The molecule has 0 aliphatic rings. The maximum atomic E-state index is 11.9. The fraction of sp³-hybridized carbons (Fsp3) is 0.171. The highest BCUT2D eigenvalue weighted by Gasteiger charge is 2.11. The molecular formula is C41H39ClN6O3Si. The average molecular weight is 727 g/mol. The number of hydrogen-bond donors (Lipinski definition) is 1. The molecule has 2 aromatic carbocycles. The monoisotopic (exact) mass is 726 g/mol. The van der Waals surface area contributed by atoms with E-state index in [2.05, 4.69) is 86.0 Å². The number of H-pyrrole nitrogens is 1. The van der Waals surface area contributed by atoms with E-state index in [1.165, 1.54) is 17.3 Å². The number of aromatic amines is 1. The van der Waals surface area contributed by atoms with Crippen LogP contribution in [0.25, 0.3) is 23.0 Å². The van der Waals surface area contributed by atoms with Crippen LogP contribution in [0.15, 0.2) is 115 Å². The Hall–Kier alpha value is -6.07. The van der Waals surface area contributed by atoms with Crippen molar-refractivity contribution in [1.29, 1.82) is 0 Å². The summed E-state index contributed by atoms with van der Waals surface area (Å²) in [6.07, 6.45) is 11.9. The topological polar surface area (TPSA) is 116 Å². The van der Waals surface area contributed by atoms with Crippen molar-refractivity contribution >= 4 is 19.7 Å². The molecule has 4 heterocycles. The van der Waals surface area contributed by atoms with Crippen molar-refractivity contribution in [2.75, 3.05) is 7.11 Å². The molecule has 0 bridgehead atoms. The second kappa shape index (κ2) is 19.4. The predicted molar refractivity (Wildman–Crippen MR) is 210 cm³/mol. The van der Waals surface area contributed by atoms with Crippen LogP contribution in [0.2, 0.25) is 19.6 Å². The predicted octanol–water partition coefficient (Wildman–Crippen LogP) is 7.90. The lowest BCUT2D eigenvalue weighted by Crippen LogP contribution is -2.18. The minimum absolute atomic E-state index is 0.221. The number of nitrogens with zero attached hydrogens (tertiary/aromatic N) is 5. The Labute approximate surface area is 310 Å². The van der Waals surface area contributed by atoms with Crippen molar-refractivity contribution < 1.29 is 9.47 Å². The Morgan fingerprint density at radius 3 is 2.00 bits per heavy atom. The summed E-state index contributed by atoms with van der Waals surface area (Å²) < 4.78 is 10.9. The molecule has 0 aliphatic carbocycles. The number of alkyl halides is 1. The molecular weight excluding hydrogens is 688 g/mol. The van der Waals surface area contributed by atoms with Gasteiger partial charge in [0.2, 0.25) is 5.88 Å². The van der Waals surface area contributed by atoms with Gasteiger partial charge in [-0.25, -0.2) is 9.97 Å². The molecule has 1 N–H and O–H groups in total. The number of terminal acetylenes is 1. The molecule has 0 fully saturated rings. The van der Waals surface area contributed by atoms with E-state index >= 15 is 0 Å². The van der Waals surface area contributed by atoms with Crippen molar-refractivity contribution in [1.82, 2.24) is 29.9 Å². The summed E-state index contributed by atoms with van der Waals surface area (Å²) >= 11 is 5.58. The van der Waals surface area contributed by atoms with E-state index in [1.54, 1.807) is 31.8 Å². The average Bonchev–Trinajstić information content (AvgIpc) is 3.18. The number of nitrogens with one attached hydrogen (secondary N) is 1. The van der Waals surface area contributed by atoms with Gasteiger partial charge in [-0.2, -0.15) is 4.98 Å². The molecule has 52 heavy (non-hydrogen) atoms. The molecule has 0 spiro atoms. The number of hydrogen-bond acceptors (Lipinski definition) is 8. The number of rotatable bonds is 7. The summed E-state index contributed by atoms with van der Waals surface area (Å²) in [6.45, 7) is 8.80. The summed E-state index contributed by atoms with van der Waals surface area (Å²) in [5.41, 5.74) is 8.59. The van der Waals surface area contributed by atoms with Crippen molar-refractivity contribution in [3.63, 3.8) is 0 Å². The number of ether oxygens (including phenoxy) is 2. The summed E-state index contributed by atoms with van der Waals surface area (Å²) in [7, 11) is 0.135. The van der Waals surface area contributed by atoms with Crippen LogP contribution in [0.3, 0.4) is 0 Å². The van der Waals surface area contributed by atoms with Gasteiger partial charge in [-0.1, -0.05) is 85.6 Å². The summed E-state index contributed by atoms with van der Waals surface area (Å²) in [6, 6.07) is 26.8. The Kier molecular flexibility index (Phi) is 14.4. The van der Waals surface area contributed by atoms with Gasteiger partial charge in [0.1, 0.15) is 42.9 Å². The molecule has 0 atom stereocenters. The number of methoxy groups -OCH3 is 1. The van der Waals surface area contributed by atoms with Gasteiger partial charge in [0.15, 0.2) is 11.6 Å². The normalized spacial score (nSPS) is 10.2. The largest absolute Gasteiger partial charge is 0.497 e. The standard InChI is InChI=1S/C19H15N3O2.C14H15N3OSi.C8H9Cl/c1-3-15-12-21-18(17-6-4-5-11-20-17)22-19(15)24-13-14-7-9-16(23-2)10-8-14;1-19(2,3)9-7-11-10-16-13(17-14(11)18)12-6-4-5-8-15-12;1-7-2-4-8(6-9)5-3-7/h1,4-12H,13H2,2H3;4-6,8,10H,1-3H3,(H,16,17,18);2-5H,6H2,1H3. The van der Waals surface area contributed by atoms with Gasteiger partial charge in [0.25, 0.3) is 5.56 Å². The van der Waals surface area contributed by atoms with Crippen molar-refractivity contribution in [2.24, 2.45) is 0 Å². The van der Waals surface area contributed by atoms with E-state index in [-0.39, 0.29) is 5.56 Å². The van der Waals surface area contributed by atoms with E-state index in [1.807, 2.05) is 66.7 Å². The zero-order chi connectivity index (χ0) is 37.3. The fourth-order valence-corrected chi connectivity index (χ4v) is 4.80. The smallest absolute Gasteiger partial charge is 0.266 e. The summed E-state index contributed by atoms with van der Waals surface area (Å²) in [5, 5.41) is 0. The highest BCUT2D eigenvalue weighted by molar-refractivity contribution is 6.83. The van der Waals surface area contributed by atoms with Gasteiger partial charge in [0.05, 0.1) is 19.5 Å². The van der Waals surface area contributed by atoms with Crippen molar-refractivity contribution in [3.8, 4) is 58.5 Å². The first-order valence-electron chi connectivity index (χ1n) is 16.2. The van der Waals surface area contributed by atoms with Gasteiger partial charge >= 0.3 is 0 Å². The second-order valence-electron chi connectivity index (χ2n) is 12.2. The highest BCUT2D eigenvalue weighted by atomic mass is 35.5. The molecule has 0 radical (unpaired) electrons. The third-order valence-corrected chi connectivity index (χ3v) is 8.08. The van der Waals surface area contributed by atoms with Crippen LogP contribution in [0.1, 0.15) is 27.8 Å². The zero-order valence-corrected chi connectivity index (χ0v) is 31.5. The fourth-order valence-electron chi connectivity index (χ4n) is 4.12. The van der Waals surface area contributed by atoms with Crippen LogP contribution in [0.5, 0.6) is 11.6 Å². The first kappa shape index (κ1) is 38.7. The van der Waals surface area contributed by atoms with Crippen LogP contribution in [-0.4, -0.2) is 45.1 Å². The van der Waals surface area contributed by atoms with Crippen LogP contribution < -0.4 is 15.0 Å². The van der Waals surface area contributed by atoms with Gasteiger partial charge in [-0.15, -0.1) is 23.6 Å². The van der Waals surface area contributed by atoms with E-state index in [0.717, 1.165) is 11.3 Å². The molecule has 0 saturated heterocycles. The minimum Gasteiger partial charge on any atom is -0.497 e. The van der Waals surface area contributed by atoms with Crippen molar-refractivity contribution in [3.05, 3.63) is 148 Å². The Morgan fingerprint density at radius 2 is 1.44 bits per heavy atom. The molecule has 0 saturated carbocycles. The molecule has 11 heteroatoms. The number of aromatic nitrogens is 6. The number of pyridine rings is 2. The number of halogens is 1. The highest BCUT2D eigenvalue weighted by Crippen LogP contribution is 2.21. The van der Waals surface area contributed by atoms with E-state index in [9.17, 15) is 4.79 Å². The van der Waals surface area contributed by atoms with Crippen LogP contribution in [-0.2, 0) is 12.5 Å². The van der Waals surface area contributed by atoms with Crippen molar-refractivity contribution in [2.45, 2.75) is 39.1 Å². The zero-order valence-electron chi connectivity index (χ0n) is 29.7. The van der Waals surface area contributed by atoms with Crippen LogP contribution in [0.4, 0.5) is 0 Å². The molecule has 262 valence electrons. The van der Waals surface area contributed by atoms with Crippen LogP contribution >= 0.6 is 11.6 Å². The third kappa shape index (κ3) is 12.4. The maximum Gasteiger partial charge on any atom is 0.266 e. The summed E-state index contributed by atoms with van der Waals surface area (Å²) in [5.74, 6) is 8.16. The Bertz CT molecular complexity index is 2190.